The number of aromatic nitrogens is 1. The highest BCUT2D eigenvalue weighted by Crippen LogP contribution is 2.19. The van der Waals surface area contributed by atoms with Gasteiger partial charge in [0.2, 0.25) is 0 Å². The molecule has 0 fully saturated rings. The maximum atomic E-state index is 12.7. The number of likely N-dealkylation sites (N-methyl/N-ethyl adjacent to an activating group) is 1. The van der Waals surface area contributed by atoms with Crippen molar-refractivity contribution in [1.29, 1.82) is 0 Å². The van der Waals surface area contributed by atoms with Gasteiger partial charge in [0.25, 0.3) is 0 Å². The van der Waals surface area contributed by atoms with Gasteiger partial charge < -0.3 is 20.1 Å². The van der Waals surface area contributed by atoms with E-state index in [1.54, 1.807) is 39.2 Å². The van der Waals surface area contributed by atoms with Crippen LogP contribution in [0.25, 0.3) is 10.8 Å². The Kier molecular flexibility index (Phi) is 8.31. The van der Waals surface area contributed by atoms with Gasteiger partial charge in [-0.05, 0) is 43.4 Å². The molecular formula is C25H29ClN4O4. The molecule has 0 spiro atoms. The molecule has 0 aliphatic heterocycles. The lowest BCUT2D eigenvalue weighted by atomic mass is 9.99. The summed E-state index contributed by atoms with van der Waals surface area (Å²) in [5.41, 5.74) is -0.301. The molecule has 3 aromatic rings. The molecule has 0 aliphatic rings. The molecule has 0 unspecified atom stereocenters. The Morgan fingerprint density at radius 1 is 1.15 bits per heavy atom. The summed E-state index contributed by atoms with van der Waals surface area (Å²) in [6.45, 7) is 3.40. The Balaban J connectivity index is 1.59. The number of carbonyl (C=O) groups excluding carboxylic acids is 2. The van der Waals surface area contributed by atoms with Crippen molar-refractivity contribution in [1.82, 2.24) is 15.2 Å². The lowest BCUT2D eigenvalue weighted by Crippen LogP contribution is -2.48. The smallest absolute Gasteiger partial charge is 0.412 e. The molecule has 3 amide bonds. The number of ether oxygens (including phenoxy) is 1. The van der Waals surface area contributed by atoms with E-state index >= 15 is 0 Å². The van der Waals surface area contributed by atoms with Gasteiger partial charge in [0.1, 0.15) is 12.4 Å². The number of rotatable bonds is 8. The molecule has 0 radical (unpaired) electrons. The Morgan fingerprint density at radius 2 is 1.82 bits per heavy atom. The lowest BCUT2D eigenvalue weighted by Gasteiger charge is -2.32. The van der Waals surface area contributed by atoms with Crippen molar-refractivity contribution in [2.45, 2.75) is 38.5 Å². The number of halogens is 1. The van der Waals surface area contributed by atoms with E-state index in [1.807, 2.05) is 42.5 Å². The number of carbonyl (C=O) groups is 2. The van der Waals surface area contributed by atoms with Crippen LogP contribution in [-0.4, -0.2) is 52.4 Å². The van der Waals surface area contributed by atoms with Crippen LogP contribution in [0.5, 0.6) is 0 Å². The number of hydrogen-bond acceptors (Lipinski definition) is 5. The summed E-state index contributed by atoms with van der Waals surface area (Å²) >= 11 is 6.15. The standard InChI is InChI=1S/C25H29ClN4O4/c1-25(2,33)13-20(30(3)23(31)28-15-19-10-6-7-11-21(19)26)16-34-24(32)29-22-12-17-8-4-5-9-18(17)14-27-22/h4-12,14,20,33H,13,15-16H2,1-3H3,(H,28,31)(H,27,29,32)/t20-/m0/s1. The zero-order valence-electron chi connectivity index (χ0n) is 19.4. The predicted molar refractivity (Wildman–Crippen MR) is 133 cm³/mol. The van der Waals surface area contributed by atoms with E-state index in [1.165, 1.54) is 4.90 Å². The Labute approximate surface area is 203 Å². The molecule has 2 aromatic carbocycles. The minimum Gasteiger partial charge on any atom is -0.447 e. The van der Waals surface area contributed by atoms with Gasteiger partial charge in [-0.25, -0.2) is 14.6 Å². The summed E-state index contributed by atoms with van der Waals surface area (Å²) in [4.78, 5) is 30.8. The van der Waals surface area contributed by atoms with Crippen LogP contribution in [0.3, 0.4) is 0 Å². The van der Waals surface area contributed by atoms with E-state index in [9.17, 15) is 14.7 Å². The van der Waals surface area contributed by atoms with Crippen LogP contribution in [0, 0.1) is 0 Å². The van der Waals surface area contributed by atoms with E-state index in [0.717, 1.165) is 16.3 Å². The average Bonchev–Trinajstić information content (AvgIpc) is 2.79. The van der Waals surface area contributed by atoms with Crippen molar-refractivity contribution in [3.63, 3.8) is 0 Å². The fraction of sp³-hybridized carbons (Fsp3) is 0.320. The molecule has 0 bridgehead atoms. The van der Waals surface area contributed by atoms with Crippen LogP contribution < -0.4 is 10.6 Å². The number of fused-ring (bicyclic) bond motifs is 1. The monoisotopic (exact) mass is 484 g/mol. The molecule has 0 aliphatic carbocycles. The molecule has 1 aromatic heterocycles. The minimum atomic E-state index is -1.08. The number of nitrogens with one attached hydrogen (secondary N) is 2. The zero-order chi connectivity index (χ0) is 24.7. The van der Waals surface area contributed by atoms with Crippen LogP contribution in [0.2, 0.25) is 5.02 Å². The maximum absolute atomic E-state index is 12.7. The van der Waals surface area contributed by atoms with Gasteiger partial charge in [0.05, 0.1) is 11.6 Å². The molecule has 3 rings (SSSR count). The molecule has 0 saturated carbocycles. The summed E-state index contributed by atoms with van der Waals surface area (Å²) in [5, 5.41) is 18.2. The molecule has 3 N–H and O–H groups in total. The van der Waals surface area contributed by atoms with Crippen molar-refractivity contribution in [2.24, 2.45) is 0 Å². The predicted octanol–water partition coefficient (Wildman–Crippen LogP) is 4.81. The number of anilines is 1. The number of benzene rings is 2. The summed E-state index contributed by atoms with van der Waals surface area (Å²) < 4.78 is 5.38. The number of hydrogen-bond donors (Lipinski definition) is 3. The Hall–Kier alpha value is -3.36. The first-order valence-corrected chi connectivity index (χ1v) is 11.3. The van der Waals surface area contributed by atoms with Crippen LogP contribution in [0.4, 0.5) is 15.4 Å². The minimum absolute atomic E-state index is 0.112. The summed E-state index contributed by atoms with van der Waals surface area (Å²) in [5.74, 6) is 0.355. The highest BCUT2D eigenvalue weighted by atomic mass is 35.5. The van der Waals surface area contributed by atoms with Crippen LogP contribution >= 0.6 is 11.6 Å². The molecule has 8 nitrogen and oxygen atoms in total. The molecule has 9 heteroatoms. The van der Waals surface area contributed by atoms with Crippen LogP contribution in [0.1, 0.15) is 25.8 Å². The molecule has 1 heterocycles. The second-order valence-electron chi connectivity index (χ2n) is 8.67. The van der Waals surface area contributed by atoms with Gasteiger partial charge in [0.15, 0.2) is 0 Å². The molecule has 180 valence electrons. The van der Waals surface area contributed by atoms with Gasteiger partial charge >= 0.3 is 12.1 Å². The SMILES string of the molecule is CN(C(=O)NCc1ccccc1Cl)[C@H](COC(=O)Nc1cc2ccccc2cn1)CC(C)(C)O. The quantitative estimate of drug-likeness (QED) is 0.425. The van der Waals surface area contributed by atoms with E-state index in [4.69, 9.17) is 16.3 Å². The van der Waals surface area contributed by atoms with E-state index < -0.39 is 17.7 Å². The summed E-state index contributed by atoms with van der Waals surface area (Å²) in [7, 11) is 1.59. The molecular weight excluding hydrogens is 456 g/mol. The number of nitrogens with zero attached hydrogens (tertiary/aromatic N) is 2. The highest BCUT2D eigenvalue weighted by molar-refractivity contribution is 6.31. The van der Waals surface area contributed by atoms with E-state index in [2.05, 4.69) is 15.6 Å². The van der Waals surface area contributed by atoms with E-state index in [0.29, 0.717) is 10.8 Å². The fourth-order valence-electron chi connectivity index (χ4n) is 3.45. The first-order valence-electron chi connectivity index (χ1n) is 10.9. The van der Waals surface area contributed by atoms with Gasteiger partial charge in [-0.15, -0.1) is 0 Å². The third-order valence-corrected chi connectivity index (χ3v) is 5.63. The Morgan fingerprint density at radius 3 is 2.53 bits per heavy atom. The lowest BCUT2D eigenvalue weighted by molar-refractivity contribution is 0.0277. The molecule has 34 heavy (non-hydrogen) atoms. The number of amides is 3. The van der Waals surface area contributed by atoms with Gasteiger partial charge in [-0.2, -0.15) is 0 Å². The second-order valence-corrected chi connectivity index (χ2v) is 9.08. The van der Waals surface area contributed by atoms with Crippen molar-refractivity contribution in [3.8, 4) is 0 Å². The summed E-state index contributed by atoms with van der Waals surface area (Å²) in [6.07, 6.45) is 1.16. The number of pyridine rings is 1. The first kappa shape index (κ1) is 25.3. The zero-order valence-corrected chi connectivity index (χ0v) is 20.2. The third kappa shape index (κ3) is 7.33. The summed E-state index contributed by atoms with van der Waals surface area (Å²) in [6, 6.07) is 15.7. The van der Waals surface area contributed by atoms with Crippen LogP contribution in [0.15, 0.2) is 60.8 Å². The van der Waals surface area contributed by atoms with Gasteiger partial charge in [-0.1, -0.05) is 54.1 Å². The first-order chi connectivity index (χ1) is 16.1. The third-order valence-electron chi connectivity index (χ3n) is 5.26. The number of urea groups is 1. The highest BCUT2D eigenvalue weighted by Gasteiger charge is 2.28. The fourth-order valence-corrected chi connectivity index (χ4v) is 3.65. The molecule has 1 atom stereocenters. The largest absolute Gasteiger partial charge is 0.447 e. The van der Waals surface area contributed by atoms with Crippen molar-refractivity contribution in [2.75, 3.05) is 19.0 Å². The van der Waals surface area contributed by atoms with Crippen molar-refractivity contribution >= 4 is 40.3 Å². The topological polar surface area (TPSA) is 104 Å². The second kappa shape index (κ2) is 11.2. The van der Waals surface area contributed by atoms with Gasteiger partial charge in [0, 0.05) is 30.2 Å². The normalized spacial score (nSPS) is 12.1. The van der Waals surface area contributed by atoms with Crippen molar-refractivity contribution < 1.29 is 19.4 Å². The van der Waals surface area contributed by atoms with Gasteiger partial charge in [-0.3, -0.25) is 5.32 Å². The van der Waals surface area contributed by atoms with Crippen LogP contribution in [-0.2, 0) is 11.3 Å². The average molecular weight is 485 g/mol. The van der Waals surface area contributed by atoms with Crippen molar-refractivity contribution in [3.05, 3.63) is 71.4 Å². The van der Waals surface area contributed by atoms with E-state index in [-0.39, 0.29) is 25.6 Å². The maximum Gasteiger partial charge on any atom is 0.412 e. The molecule has 0 saturated heterocycles. The number of aliphatic hydroxyl groups is 1. The Bertz CT molecular complexity index is 1150.